The highest BCUT2D eigenvalue weighted by molar-refractivity contribution is 5.69. The summed E-state index contributed by atoms with van der Waals surface area (Å²) < 4.78 is 4.95. The highest BCUT2D eigenvalue weighted by Gasteiger charge is 2.07. The van der Waals surface area contributed by atoms with Gasteiger partial charge in [-0.25, -0.2) is 0 Å². The number of ether oxygens (including phenoxy) is 1. The van der Waals surface area contributed by atoms with Gasteiger partial charge in [-0.2, -0.15) is 0 Å². The van der Waals surface area contributed by atoms with Gasteiger partial charge in [0, 0.05) is 13.0 Å². The van der Waals surface area contributed by atoms with Crippen LogP contribution in [0.1, 0.15) is 135 Å². The lowest BCUT2D eigenvalue weighted by Gasteiger charge is -2.10. The molecule has 0 aromatic heterocycles. The van der Waals surface area contributed by atoms with Crippen molar-refractivity contribution in [2.75, 3.05) is 6.54 Å². The molecule has 0 aliphatic rings. The van der Waals surface area contributed by atoms with Crippen molar-refractivity contribution in [1.82, 2.24) is 0 Å². The Morgan fingerprint density at radius 2 is 0.964 bits per heavy atom. The van der Waals surface area contributed by atoms with Crippen molar-refractivity contribution in [2.24, 2.45) is 11.5 Å². The summed E-state index contributed by atoms with van der Waals surface area (Å²) in [6.45, 7) is 2.47. The van der Waals surface area contributed by atoms with Crippen LogP contribution in [0.25, 0.3) is 0 Å². The first-order chi connectivity index (χ1) is 13.7. The number of hydrogen-bond donors (Lipinski definition) is 2. The smallest absolute Gasteiger partial charge is 0.307 e. The molecule has 168 valence electrons. The minimum atomic E-state index is -0.646. The third-order valence-electron chi connectivity index (χ3n) is 5.50. The molecule has 4 N–H and O–H groups in total. The Morgan fingerprint density at radius 1 is 0.643 bits per heavy atom. The molecule has 0 aliphatic heterocycles. The van der Waals surface area contributed by atoms with Gasteiger partial charge in [-0.05, 0) is 6.42 Å². The fraction of sp³-hybridized carbons (Fsp3) is 0.958. The molecule has 0 bridgehead atoms. The minimum Gasteiger partial charge on any atom is -0.445 e. The van der Waals surface area contributed by atoms with Gasteiger partial charge in [-0.15, -0.1) is 0 Å². The molecule has 0 rings (SSSR count). The summed E-state index contributed by atoms with van der Waals surface area (Å²) in [5, 5.41) is 0. The van der Waals surface area contributed by atoms with Crippen molar-refractivity contribution in [3.05, 3.63) is 0 Å². The number of rotatable bonds is 22. The molecule has 0 fully saturated rings. The monoisotopic (exact) mass is 398 g/mol. The van der Waals surface area contributed by atoms with E-state index in [1.165, 1.54) is 109 Å². The van der Waals surface area contributed by atoms with Crippen LogP contribution in [0.5, 0.6) is 0 Å². The highest BCUT2D eigenvalue weighted by Crippen LogP contribution is 2.14. The van der Waals surface area contributed by atoms with Gasteiger partial charge < -0.3 is 10.5 Å². The predicted octanol–water partition coefficient (Wildman–Crippen LogP) is 6.60. The highest BCUT2D eigenvalue weighted by atomic mass is 16.6. The summed E-state index contributed by atoms with van der Waals surface area (Å²) >= 11 is 0. The van der Waals surface area contributed by atoms with E-state index in [0.717, 1.165) is 12.8 Å². The molecule has 0 aliphatic carbocycles. The largest absolute Gasteiger partial charge is 0.445 e. The van der Waals surface area contributed by atoms with Gasteiger partial charge in [-0.3, -0.25) is 10.5 Å². The van der Waals surface area contributed by atoms with Crippen LogP contribution in [0.4, 0.5) is 0 Å². The lowest BCUT2D eigenvalue weighted by atomic mass is 10.0. The van der Waals surface area contributed by atoms with Crippen molar-refractivity contribution in [1.29, 1.82) is 0 Å². The van der Waals surface area contributed by atoms with Gasteiger partial charge in [-0.1, -0.05) is 122 Å². The Morgan fingerprint density at radius 3 is 1.29 bits per heavy atom. The van der Waals surface area contributed by atoms with Gasteiger partial charge >= 0.3 is 5.97 Å². The number of carbonyl (C=O) groups is 1. The van der Waals surface area contributed by atoms with E-state index in [1.807, 2.05) is 0 Å². The first-order valence-electron chi connectivity index (χ1n) is 12.4. The van der Waals surface area contributed by atoms with E-state index in [1.54, 1.807) is 0 Å². The fourth-order valence-corrected chi connectivity index (χ4v) is 3.62. The van der Waals surface area contributed by atoms with E-state index >= 15 is 0 Å². The van der Waals surface area contributed by atoms with Crippen molar-refractivity contribution in [3.8, 4) is 0 Å². The molecule has 0 amide bonds. The van der Waals surface area contributed by atoms with Crippen molar-refractivity contribution in [2.45, 2.75) is 142 Å². The molecule has 0 aromatic carbocycles. The topological polar surface area (TPSA) is 78.3 Å². The Balaban J connectivity index is 3.09. The van der Waals surface area contributed by atoms with Crippen molar-refractivity contribution >= 4 is 5.97 Å². The van der Waals surface area contributed by atoms with E-state index in [4.69, 9.17) is 16.2 Å². The lowest BCUT2D eigenvalue weighted by molar-refractivity contribution is -0.148. The predicted molar refractivity (Wildman–Crippen MR) is 121 cm³/mol. The molecule has 28 heavy (non-hydrogen) atoms. The van der Waals surface area contributed by atoms with Crippen LogP contribution in [-0.4, -0.2) is 18.7 Å². The summed E-state index contributed by atoms with van der Waals surface area (Å²) in [6, 6.07) is 0. The summed E-state index contributed by atoms with van der Waals surface area (Å²) in [5.74, 6) is -0.218. The van der Waals surface area contributed by atoms with Crippen molar-refractivity contribution in [3.63, 3.8) is 0 Å². The number of hydrogen-bond acceptors (Lipinski definition) is 4. The van der Waals surface area contributed by atoms with Crippen LogP contribution in [0.3, 0.4) is 0 Å². The Hall–Kier alpha value is -0.610. The summed E-state index contributed by atoms with van der Waals surface area (Å²) in [7, 11) is 0. The minimum absolute atomic E-state index is 0.185. The normalized spacial score (nSPS) is 12.2. The van der Waals surface area contributed by atoms with E-state index in [9.17, 15) is 4.79 Å². The molecule has 0 aromatic rings. The molecule has 0 heterocycles. The van der Waals surface area contributed by atoms with E-state index < -0.39 is 6.23 Å². The Kier molecular flexibility index (Phi) is 22.2. The third-order valence-corrected chi connectivity index (χ3v) is 5.50. The number of esters is 1. The number of carbonyl (C=O) groups excluding carboxylic acids is 1. The molecule has 1 atom stereocenters. The zero-order valence-electron chi connectivity index (χ0n) is 18.9. The summed E-state index contributed by atoms with van der Waals surface area (Å²) in [5.41, 5.74) is 10.8. The van der Waals surface area contributed by atoms with Gasteiger partial charge in [0.2, 0.25) is 0 Å². The van der Waals surface area contributed by atoms with Crippen LogP contribution in [0.15, 0.2) is 0 Å². The van der Waals surface area contributed by atoms with Crippen LogP contribution in [0.2, 0.25) is 0 Å². The molecule has 1 unspecified atom stereocenters. The number of nitrogens with two attached hydrogens (primary N) is 2. The maximum Gasteiger partial charge on any atom is 0.307 e. The maximum absolute atomic E-state index is 11.4. The first kappa shape index (κ1) is 27.4. The molecular formula is C24H50N2O2. The average Bonchev–Trinajstić information content (AvgIpc) is 2.69. The van der Waals surface area contributed by atoms with Crippen LogP contribution in [-0.2, 0) is 9.53 Å². The standard InChI is InChI=1S/C24H50N2O2/c1-2-3-4-5-6-7-8-9-10-11-12-13-14-15-16-17-18-19-20-21-24(27)28-23(26)22-25/h23H,2-22,25-26H2,1H3. The molecule has 0 spiro atoms. The van der Waals surface area contributed by atoms with Crippen LogP contribution >= 0.6 is 0 Å². The zero-order valence-corrected chi connectivity index (χ0v) is 18.9. The Bertz CT molecular complexity index is 324. The maximum atomic E-state index is 11.4. The zero-order chi connectivity index (χ0) is 20.7. The second-order valence-electron chi connectivity index (χ2n) is 8.38. The molecule has 4 nitrogen and oxygen atoms in total. The number of unbranched alkanes of at least 4 members (excludes halogenated alkanes) is 18. The van der Waals surface area contributed by atoms with E-state index in [2.05, 4.69) is 6.92 Å². The van der Waals surface area contributed by atoms with Crippen LogP contribution in [0, 0.1) is 0 Å². The van der Waals surface area contributed by atoms with E-state index in [0.29, 0.717) is 6.42 Å². The van der Waals surface area contributed by atoms with E-state index in [-0.39, 0.29) is 12.5 Å². The third kappa shape index (κ3) is 21.7. The SMILES string of the molecule is CCCCCCCCCCCCCCCCCCCCCC(=O)OC(N)CN. The van der Waals surface area contributed by atoms with Gasteiger partial charge in [0.05, 0.1) is 0 Å². The average molecular weight is 399 g/mol. The molecule has 0 radical (unpaired) electrons. The Labute approximate surface area is 175 Å². The first-order valence-corrected chi connectivity index (χ1v) is 12.4. The van der Waals surface area contributed by atoms with Crippen LogP contribution < -0.4 is 11.5 Å². The van der Waals surface area contributed by atoms with Gasteiger partial charge in [0.1, 0.15) is 0 Å². The molecule has 0 saturated heterocycles. The van der Waals surface area contributed by atoms with Gasteiger partial charge in [0.25, 0.3) is 0 Å². The molecular weight excluding hydrogens is 348 g/mol. The summed E-state index contributed by atoms with van der Waals surface area (Å²) in [6.07, 6.45) is 25.6. The van der Waals surface area contributed by atoms with Gasteiger partial charge in [0.15, 0.2) is 6.23 Å². The van der Waals surface area contributed by atoms with Crippen molar-refractivity contribution < 1.29 is 9.53 Å². The second-order valence-corrected chi connectivity index (χ2v) is 8.38. The molecule has 4 heteroatoms. The lowest BCUT2D eigenvalue weighted by Crippen LogP contribution is -2.34. The quantitative estimate of drug-likeness (QED) is 0.122. The second kappa shape index (κ2) is 22.7. The summed E-state index contributed by atoms with van der Waals surface area (Å²) in [4.78, 5) is 11.4. The molecule has 0 saturated carbocycles. The fourth-order valence-electron chi connectivity index (χ4n) is 3.62.